The second kappa shape index (κ2) is 7.02. The average molecular weight is 433 g/mol. The van der Waals surface area contributed by atoms with Gasteiger partial charge in [-0.1, -0.05) is 29.5 Å². The van der Waals surface area contributed by atoms with Crippen LogP contribution >= 0.6 is 11.3 Å². The molecule has 1 aliphatic heterocycles. The van der Waals surface area contributed by atoms with Crippen molar-refractivity contribution in [2.24, 2.45) is 0 Å². The van der Waals surface area contributed by atoms with Crippen molar-refractivity contribution in [1.29, 1.82) is 0 Å². The smallest absolute Gasteiger partial charge is 0.277 e. The number of fused-ring (bicyclic) bond motifs is 1. The number of aromatic amines is 1. The van der Waals surface area contributed by atoms with Crippen LogP contribution in [0.25, 0.3) is 15.3 Å². The molecule has 31 heavy (non-hydrogen) atoms. The molecule has 2 aromatic heterocycles. The number of anilines is 1. The van der Waals surface area contributed by atoms with Crippen molar-refractivity contribution in [3.63, 3.8) is 0 Å². The highest BCUT2D eigenvalue weighted by molar-refractivity contribution is 7.20. The Hall–Kier alpha value is -3.52. The van der Waals surface area contributed by atoms with Gasteiger partial charge in [0.2, 0.25) is 16.9 Å². The molecule has 1 N–H and O–H groups in total. The Morgan fingerprint density at radius 3 is 2.45 bits per heavy atom. The molecule has 0 saturated carbocycles. The largest absolute Gasteiger partial charge is 0.293 e. The fourth-order valence-corrected chi connectivity index (χ4v) is 5.19. The molecular formula is C23H20N4O3S. The number of H-pyrrole nitrogens is 1. The van der Waals surface area contributed by atoms with Crippen molar-refractivity contribution >= 4 is 39.1 Å². The Bertz CT molecular complexity index is 1380. The molecule has 3 heterocycles. The average Bonchev–Trinajstić information content (AvgIpc) is 3.34. The van der Waals surface area contributed by atoms with E-state index in [1.807, 2.05) is 56.3 Å². The van der Waals surface area contributed by atoms with Gasteiger partial charge >= 0.3 is 0 Å². The molecule has 0 spiro atoms. The summed E-state index contributed by atoms with van der Waals surface area (Å²) in [6.45, 7) is 5.59. The van der Waals surface area contributed by atoms with E-state index in [2.05, 4.69) is 10.1 Å². The Balaban J connectivity index is 1.56. The number of nitrogens with zero attached hydrogens (tertiary/aromatic N) is 3. The van der Waals surface area contributed by atoms with Gasteiger partial charge in [0.05, 0.1) is 27.4 Å². The lowest BCUT2D eigenvalue weighted by atomic mass is 9.98. The summed E-state index contributed by atoms with van der Waals surface area (Å²) < 4.78 is 2.33. The summed E-state index contributed by atoms with van der Waals surface area (Å²) in [5, 5.41) is 3.55. The molecule has 2 amide bonds. The van der Waals surface area contributed by atoms with E-state index >= 15 is 0 Å². The number of rotatable bonds is 3. The zero-order chi connectivity index (χ0) is 21.9. The van der Waals surface area contributed by atoms with Crippen LogP contribution < -0.4 is 10.5 Å². The lowest BCUT2D eigenvalue weighted by Crippen LogP contribution is -2.31. The first-order chi connectivity index (χ1) is 14.8. The summed E-state index contributed by atoms with van der Waals surface area (Å²) >= 11 is 1.39. The van der Waals surface area contributed by atoms with E-state index in [9.17, 15) is 14.4 Å². The van der Waals surface area contributed by atoms with E-state index in [0.29, 0.717) is 22.1 Å². The molecule has 156 valence electrons. The first-order valence-electron chi connectivity index (χ1n) is 9.96. The molecule has 1 fully saturated rings. The minimum Gasteiger partial charge on any atom is -0.293 e. The highest BCUT2D eigenvalue weighted by Gasteiger charge is 2.43. The van der Waals surface area contributed by atoms with Gasteiger partial charge in [0.1, 0.15) is 0 Å². The number of hydrogen-bond donors (Lipinski definition) is 1. The fraction of sp³-hybridized carbons (Fsp3) is 0.217. The molecular weight excluding hydrogens is 412 g/mol. The quantitative estimate of drug-likeness (QED) is 0.500. The number of hydrogen-bond acceptors (Lipinski definition) is 5. The van der Waals surface area contributed by atoms with Crippen molar-refractivity contribution in [2.75, 3.05) is 4.90 Å². The maximum atomic E-state index is 13.3. The molecule has 1 aliphatic rings. The lowest BCUT2D eigenvalue weighted by molar-refractivity contribution is -0.121. The number of carbonyl (C=O) groups excluding carboxylic acids is 2. The minimum absolute atomic E-state index is 0.0282. The molecule has 2 aromatic carbocycles. The molecule has 4 aromatic rings. The van der Waals surface area contributed by atoms with Gasteiger partial charge < -0.3 is 0 Å². The van der Waals surface area contributed by atoms with Crippen LogP contribution in [0, 0.1) is 20.8 Å². The van der Waals surface area contributed by atoms with Crippen LogP contribution in [0.5, 0.6) is 0 Å². The van der Waals surface area contributed by atoms with Gasteiger partial charge in [-0.2, -0.15) is 4.68 Å². The number of aromatic nitrogens is 3. The number of para-hydroxylation sites is 1. The van der Waals surface area contributed by atoms with Crippen LogP contribution in [0.15, 0.2) is 47.3 Å². The van der Waals surface area contributed by atoms with Gasteiger partial charge in [-0.05, 0) is 56.2 Å². The fourth-order valence-electron chi connectivity index (χ4n) is 4.27. The summed E-state index contributed by atoms with van der Waals surface area (Å²) in [6, 6.07) is 13.3. The second-order valence-corrected chi connectivity index (χ2v) is 8.93. The Morgan fingerprint density at radius 1 is 1.03 bits per heavy atom. The Labute approximate surface area is 181 Å². The van der Waals surface area contributed by atoms with Gasteiger partial charge in [0.15, 0.2) is 0 Å². The zero-order valence-corrected chi connectivity index (χ0v) is 18.1. The predicted octanol–water partition coefficient (Wildman–Crippen LogP) is 3.75. The van der Waals surface area contributed by atoms with Crippen LogP contribution in [-0.4, -0.2) is 26.6 Å². The Kier molecular flexibility index (Phi) is 4.40. The number of nitrogens with one attached hydrogen (secondary N) is 1. The SMILES string of the molecule is Cc1cc(C)cc(N2C(=O)C[C@@H](c3c(C)[nH]n(-c4nc5ccccc5s4)c3=O)C2=O)c1. The summed E-state index contributed by atoms with van der Waals surface area (Å²) in [5.74, 6) is -1.48. The number of amides is 2. The standard InChI is InChI=1S/C23H20N4O3S/c1-12-8-13(2)10-15(9-12)26-19(28)11-16(21(26)29)20-14(3)25-27(22(20)30)23-24-17-6-4-5-7-18(17)31-23/h4-10,16,25H,11H2,1-3H3/t16-/m0/s1. The van der Waals surface area contributed by atoms with Crippen molar-refractivity contribution in [1.82, 2.24) is 14.8 Å². The predicted molar refractivity (Wildman–Crippen MR) is 120 cm³/mol. The molecule has 7 nitrogen and oxygen atoms in total. The highest BCUT2D eigenvalue weighted by Crippen LogP contribution is 2.34. The number of imide groups is 1. The van der Waals surface area contributed by atoms with E-state index in [1.165, 1.54) is 20.9 Å². The van der Waals surface area contributed by atoms with Crippen molar-refractivity contribution in [2.45, 2.75) is 33.1 Å². The molecule has 1 atom stereocenters. The van der Waals surface area contributed by atoms with E-state index in [4.69, 9.17) is 0 Å². The van der Waals surface area contributed by atoms with Crippen LogP contribution in [0.3, 0.4) is 0 Å². The summed E-state index contributed by atoms with van der Waals surface area (Å²) in [4.78, 5) is 45.1. The van der Waals surface area contributed by atoms with Gasteiger partial charge in [-0.25, -0.2) is 9.88 Å². The lowest BCUT2D eigenvalue weighted by Gasteiger charge is -2.16. The third-order valence-electron chi connectivity index (χ3n) is 5.55. The molecule has 5 rings (SSSR count). The van der Waals surface area contributed by atoms with E-state index in [-0.39, 0.29) is 23.8 Å². The monoisotopic (exact) mass is 432 g/mol. The van der Waals surface area contributed by atoms with E-state index in [0.717, 1.165) is 21.3 Å². The number of benzene rings is 2. The normalized spacial score (nSPS) is 16.6. The van der Waals surface area contributed by atoms with Gasteiger partial charge in [0, 0.05) is 12.1 Å². The van der Waals surface area contributed by atoms with Crippen LogP contribution in [0.4, 0.5) is 5.69 Å². The molecule has 0 bridgehead atoms. The van der Waals surface area contributed by atoms with Crippen LogP contribution in [0.2, 0.25) is 0 Å². The molecule has 1 saturated heterocycles. The van der Waals surface area contributed by atoms with Crippen LogP contribution in [-0.2, 0) is 9.59 Å². The maximum Gasteiger partial charge on any atom is 0.277 e. The van der Waals surface area contributed by atoms with Gasteiger partial charge in [-0.3, -0.25) is 19.5 Å². The van der Waals surface area contributed by atoms with Crippen molar-refractivity contribution < 1.29 is 9.59 Å². The van der Waals surface area contributed by atoms with E-state index < -0.39 is 5.92 Å². The maximum absolute atomic E-state index is 13.3. The third kappa shape index (κ3) is 3.11. The summed E-state index contributed by atoms with van der Waals surface area (Å²) in [6.07, 6.45) is -0.0282. The zero-order valence-electron chi connectivity index (χ0n) is 17.3. The van der Waals surface area contributed by atoms with E-state index in [1.54, 1.807) is 6.92 Å². The minimum atomic E-state index is -0.812. The van der Waals surface area contributed by atoms with Crippen molar-refractivity contribution in [3.05, 3.63) is 75.2 Å². The topological polar surface area (TPSA) is 88.1 Å². The molecule has 0 radical (unpaired) electrons. The number of carbonyl (C=O) groups is 2. The Morgan fingerprint density at radius 2 is 1.74 bits per heavy atom. The number of aryl methyl sites for hydroxylation is 3. The van der Waals surface area contributed by atoms with Gasteiger partial charge in [0.25, 0.3) is 5.56 Å². The first-order valence-corrected chi connectivity index (χ1v) is 10.8. The highest BCUT2D eigenvalue weighted by atomic mass is 32.1. The van der Waals surface area contributed by atoms with Gasteiger partial charge in [-0.15, -0.1) is 0 Å². The summed E-state index contributed by atoms with van der Waals surface area (Å²) in [5.41, 5.74) is 3.84. The molecule has 0 unspecified atom stereocenters. The number of thiazole rings is 1. The summed E-state index contributed by atoms with van der Waals surface area (Å²) in [7, 11) is 0. The molecule has 8 heteroatoms. The van der Waals surface area contributed by atoms with Crippen molar-refractivity contribution in [3.8, 4) is 5.13 Å². The second-order valence-electron chi connectivity index (χ2n) is 7.93. The molecule has 0 aliphatic carbocycles. The first kappa shape index (κ1) is 19.4. The van der Waals surface area contributed by atoms with Crippen LogP contribution in [0.1, 0.15) is 34.7 Å². The third-order valence-corrected chi connectivity index (χ3v) is 6.57.